The molecule has 0 radical (unpaired) electrons. The molecule has 0 fully saturated rings. The molecule has 0 aromatic heterocycles. The summed E-state index contributed by atoms with van der Waals surface area (Å²) in [5, 5.41) is 29.2. The normalized spacial score (nSPS) is 12.6. The van der Waals surface area contributed by atoms with Gasteiger partial charge in [-0.05, 0) is 62.8 Å². The van der Waals surface area contributed by atoms with E-state index in [0.717, 1.165) is 4.90 Å². The lowest BCUT2D eigenvalue weighted by Gasteiger charge is -2.27. The minimum atomic E-state index is -1.16. The summed E-state index contributed by atoms with van der Waals surface area (Å²) < 4.78 is 5.25. The number of hydrogen-bond donors (Lipinski definition) is 7. The number of aliphatic hydroxyl groups excluding tert-OH is 1. The Morgan fingerprint density at radius 1 is 1.05 bits per heavy atom. The Morgan fingerprint density at radius 2 is 1.70 bits per heavy atom. The van der Waals surface area contributed by atoms with Gasteiger partial charge in [-0.3, -0.25) is 9.59 Å². The number of carboxylic acid groups (broad SMARTS) is 1. The van der Waals surface area contributed by atoms with Crippen molar-refractivity contribution in [1.29, 1.82) is 0 Å². The van der Waals surface area contributed by atoms with Crippen molar-refractivity contribution in [1.82, 2.24) is 20.9 Å². The third-order valence-corrected chi connectivity index (χ3v) is 5.60. The molecule has 0 bridgehead atoms. The second kappa shape index (κ2) is 15.5. The van der Waals surface area contributed by atoms with Gasteiger partial charge in [-0.2, -0.15) is 0 Å². The molecule has 14 nitrogen and oxygen atoms in total. The van der Waals surface area contributed by atoms with Crippen LogP contribution in [-0.2, 0) is 27.5 Å². The van der Waals surface area contributed by atoms with Crippen molar-refractivity contribution >= 4 is 35.7 Å². The molecular weight excluding hydrogens is 524 g/mol. The third-order valence-electron chi connectivity index (χ3n) is 5.60. The number of alkyl carbamates (subject to hydrolysis) is 1. The zero-order chi connectivity index (χ0) is 30.6. The Kier molecular flexibility index (Phi) is 13.2. The molecule has 8 N–H and O–H groups in total. The SMILES string of the molecule is CC(C)[C@H](NC(=O)OC(C)(C)C)C(=O)N[C@@H](CCCNC(N)=O)C(=O)Nc1ccc(CO)c(CN(C)C(=O)O)c1. The van der Waals surface area contributed by atoms with Crippen molar-refractivity contribution in [2.24, 2.45) is 11.7 Å². The summed E-state index contributed by atoms with van der Waals surface area (Å²) in [6.07, 6.45) is -1.52. The molecule has 40 heavy (non-hydrogen) atoms. The number of nitrogens with two attached hydrogens (primary N) is 1. The number of primary amides is 1. The average molecular weight is 567 g/mol. The Balaban J connectivity index is 3.13. The van der Waals surface area contributed by atoms with Gasteiger partial charge < -0.3 is 46.9 Å². The van der Waals surface area contributed by atoms with E-state index in [0.29, 0.717) is 23.2 Å². The van der Waals surface area contributed by atoms with Crippen LogP contribution < -0.4 is 27.0 Å². The first-order valence-electron chi connectivity index (χ1n) is 12.8. The molecule has 224 valence electrons. The molecular formula is C26H42N6O8. The first-order chi connectivity index (χ1) is 18.5. The molecule has 0 heterocycles. The first kappa shape index (κ1) is 34.0. The van der Waals surface area contributed by atoms with Gasteiger partial charge in [-0.25, -0.2) is 14.4 Å². The number of nitrogens with one attached hydrogen (secondary N) is 4. The van der Waals surface area contributed by atoms with Crippen molar-refractivity contribution in [3.8, 4) is 0 Å². The molecule has 6 amide bonds. The van der Waals surface area contributed by atoms with Gasteiger partial charge in [-0.15, -0.1) is 0 Å². The quantitative estimate of drug-likeness (QED) is 0.174. The van der Waals surface area contributed by atoms with E-state index in [1.807, 2.05) is 0 Å². The molecule has 0 aliphatic rings. The Morgan fingerprint density at radius 3 is 2.23 bits per heavy atom. The van der Waals surface area contributed by atoms with E-state index < -0.39 is 47.7 Å². The Labute approximate surface area is 234 Å². The zero-order valence-corrected chi connectivity index (χ0v) is 23.9. The second-order valence-electron chi connectivity index (χ2n) is 10.6. The van der Waals surface area contributed by atoms with Gasteiger partial charge in [0.05, 0.1) is 6.61 Å². The highest BCUT2D eigenvalue weighted by Gasteiger charge is 2.30. The third kappa shape index (κ3) is 12.2. The maximum Gasteiger partial charge on any atom is 0.408 e. The summed E-state index contributed by atoms with van der Waals surface area (Å²) in [7, 11) is 1.37. The highest BCUT2D eigenvalue weighted by atomic mass is 16.6. The van der Waals surface area contributed by atoms with Crippen LogP contribution in [0.4, 0.5) is 20.1 Å². The summed E-state index contributed by atoms with van der Waals surface area (Å²) in [4.78, 5) is 62.1. The number of anilines is 1. The van der Waals surface area contributed by atoms with Crippen LogP contribution in [0, 0.1) is 5.92 Å². The van der Waals surface area contributed by atoms with E-state index in [-0.39, 0.29) is 32.0 Å². The van der Waals surface area contributed by atoms with E-state index in [1.54, 1.807) is 46.8 Å². The van der Waals surface area contributed by atoms with Gasteiger partial charge in [0.15, 0.2) is 0 Å². The molecule has 0 unspecified atom stereocenters. The zero-order valence-electron chi connectivity index (χ0n) is 23.9. The number of carbonyl (C=O) groups is 5. The topological polar surface area (TPSA) is 212 Å². The maximum absolute atomic E-state index is 13.3. The molecule has 1 aromatic carbocycles. The minimum Gasteiger partial charge on any atom is -0.465 e. The van der Waals surface area contributed by atoms with E-state index >= 15 is 0 Å². The summed E-state index contributed by atoms with van der Waals surface area (Å²) >= 11 is 0. The fourth-order valence-corrected chi connectivity index (χ4v) is 3.58. The van der Waals surface area contributed by atoms with Crippen LogP contribution in [0.15, 0.2) is 18.2 Å². The first-order valence-corrected chi connectivity index (χ1v) is 12.8. The van der Waals surface area contributed by atoms with E-state index in [4.69, 9.17) is 10.5 Å². The number of rotatable bonds is 13. The van der Waals surface area contributed by atoms with Crippen LogP contribution >= 0.6 is 0 Å². The van der Waals surface area contributed by atoms with Gasteiger partial charge in [0.25, 0.3) is 0 Å². The smallest absolute Gasteiger partial charge is 0.408 e. The van der Waals surface area contributed by atoms with E-state index in [9.17, 15) is 34.2 Å². The lowest BCUT2D eigenvalue weighted by atomic mass is 10.0. The summed E-state index contributed by atoms with van der Waals surface area (Å²) in [6.45, 7) is 8.33. The van der Waals surface area contributed by atoms with Gasteiger partial charge >= 0.3 is 18.2 Å². The van der Waals surface area contributed by atoms with Crippen molar-refractivity contribution < 1.29 is 38.9 Å². The summed E-state index contributed by atoms with van der Waals surface area (Å²) in [6, 6.07) is 1.85. The molecule has 0 spiro atoms. The minimum absolute atomic E-state index is 0.0275. The number of benzene rings is 1. The maximum atomic E-state index is 13.3. The van der Waals surface area contributed by atoms with E-state index in [2.05, 4.69) is 21.3 Å². The molecule has 1 aromatic rings. The van der Waals surface area contributed by atoms with Crippen LogP contribution in [0.5, 0.6) is 0 Å². The fraction of sp³-hybridized carbons (Fsp3) is 0.577. The number of nitrogens with zero attached hydrogens (tertiary/aromatic N) is 1. The average Bonchev–Trinajstić information content (AvgIpc) is 2.82. The van der Waals surface area contributed by atoms with Crippen LogP contribution in [0.3, 0.4) is 0 Å². The number of hydrogen-bond acceptors (Lipinski definition) is 7. The van der Waals surface area contributed by atoms with Gasteiger partial charge in [0.2, 0.25) is 11.8 Å². The monoisotopic (exact) mass is 566 g/mol. The van der Waals surface area contributed by atoms with Gasteiger partial charge in [-0.1, -0.05) is 19.9 Å². The number of amides is 6. The fourth-order valence-electron chi connectivity index (χ4n) is 3.58. The Hall–Kier alpha value is -4.07. The highest BCUT2D eigenvalue weighted by Crippen LogP contribution is 2.19. The number of aliphatic hydroxyl groups is 1. The molecule has 1 rings (SSSR count). The molecule has 0 saturated heterocycles. The number of urea groups is 1. The van der Waals surface area contributed by atoms with Crippen molar-refractivity contribution in [2.75, 3.05) is 18.9 Å². The predicted octanol–water partition coefficient (Wildman–Crippen LogP) is 1.71. The second-order valence-corrected chi connectivity index (χ2v) is 10.6. The predicted molar refractivity (Wildman–Crippen MR) is 147 cm³/mol. The highest BCUT2D eigenvalue weighted by molar-refractivity contribution is 5.98. The number of carbonyl (C=O) groups excluding carboxylic acids is 4. The Bertz CT molecular complexity index is 1060. The molecule has 0 aliphatic carbocycles. The lowest BCUT2D eigenvalue weighted by molar-refractivity contribution is -0.128. The van der Waals surface area contributed by atoms with Gasteiger partial charge in [0.1, 0.15) is 17.7 Å². The molecule has 14 heteroatoms. The standard InChI is InChI=1S/C26H42N6O8/c1-15(2)20(31-24(37)40-26(3,4)5)22(35)30-19(8-7-11-28-23(27)36)21(34)29-18-10-9-16(14-33)17(12-18)13-32(6)25(38)39/h9-10,12,15,19-20,33H,7-8,11,13-14H2,1-6H3,(H,29,34)(H,30,35)(H,31,37)(H,38,39)(H3,27,28,36)/t19-,20-/m0/s1. The lowest BCUT2D eigenvalue weighted by Crippen LogP contribution is -2.55. The van der Waals surface area contributed by atoms with Crippen LogP contribution in [0.1, 0.15) is 58.6 Å². The summed E-state index contributed by atoms with van der Waals surface area (Å²) in [5.41, 5.74) is 5.61. The van der Waals surface area contributed by atoms with E-state index in [1.165, 1.54) is 13.1 Å². The number of ether oxygens (including phenoxy) is 1. The molecule has 2 atom stereocenters. The van der Waals surface area contributed by atoms with Crippen molar-refractivity contribution in [3.05, 3.63) is 29.3 Å². The van der Waals surface area contributed by atoms with Gasteiger partial charge in [0, 0.05) is 25.8 Å². The van der Waals surface area contributed by atoms with Crippen LogP contribution in [-0.4, -0.2) is 76.4 Å². The van der Waals surface area contributed by atoms with Crippen molar-refractivity contribution in [3.63, 3.8) is 0 Å². The molecule has 0 aliphatic heterocycles. The van der Waals surface area contributed by atoms with Crippen LogP contribution in [0.2, 0.25) is 0 Å². The van der Waals surface area contributed by atoms with Crippen molar-refractivity contribution in [2.45, 2.75) is 78.3 Å². The largest absolute Gasteiger partial charge is 0.465 e. The summed E-state index contributed by atoms with van der Waals surface area (Å²) in [5.74, 6) is -1.53. The van der Waals surface area contributed by atoms with Crippen LogP contribution in [0.25, 0.3) is 0 Å². The molecule has 0 saturated carbocycles.